The van der Waals surface area contributed by atoms with E-state index in [9.17, 15) is 18.4 Å². The van der Waals surface area contributed by atoms with Gasteiger partial charge in [-0.25, -0.2) is 8.78 Å². The predicted molar refractivity (Wildman–Crippen MR) is 95.7 cm³/mol. The molecule has 0 radical (unpaired) electrons. The zero-order chi connectivity index (χ0) is 19.0. The van der Waals surface area contributed by atoms with Crippen molar-refractivity contribution >= 4 is 40.7 Å². The second-order valence-corrected chi connectivity index (χ2v) is 6.73. The largest absolute Gasteiger partial charge is 0.325 e. The Morgan fingerprint density at radius 2 is 1.85 bits per heavy atom. The molecule has 3 rings (SSSR count). The van der Waals surface area contributed by atoms with Crippen LogP contribution in [0.25, 0.3) is 0 Å². The van der Waals surface area contributed by atoms with E-state index >= 15 is 0 Å². The van der Waals surface area contributed by atoms with Gasteiger partial charge in [0.1, 0.15) is 17.7 Å². The van der Waals surface area contributed by atoms with E-state index in [1.165, 1.54) is 34.1 Å². The third-order valence-corrected chi connectivity index (χ3v) is 4.83. The summed E-state index contributed by atoms with van der Waals surface area (Å²) in [7, 11) is 0. The number of amides is 2. The summed E-state index contributed by atoms with van der Waals surface area (Å²) in [5.41, 5.74) is 0.219. The lowest BCUT2D eigenvalue weighted by molar-refractivity contribution is -0.124. The van der Waals surface area contributed by atoms with Crippen LogP contribution in [0.4, 0.5) is 14.5 Å². The summed E-state index contributed by atoms with van der Waals surface area (Å²) in [6.07, 6.45) is 0. The lowest BCUT2D eigenvalue weighted by atomic mass is 10.1. The van der Waals surface area contributed by atoms with E-state index in [2.05, 4.69) is 0 Å². The molecule has 2 aromatic rings. The van der Waals surface area contributed by atoms with Crippen LogP contribution in [0.15, 0.2) is 36.4 Å². The van der Waals surface area contributed by atoms with E-state index in [1.54, 1.807) is 6.92 Å². The smallest absolute Gasteiger partial charge is 0.256 e. The van der Waals surface area contributed by atoms with Gasteiger partial charge in [-0.3, -0.25) is 9.59 Å². The summed E-state index contributed by atoms with van der Waals surface area (Å²) in [5.74, 6) is -2.42. The van der Waals surface area contributed by atoms with Crippen LogP contribution in [-0.2, 0) is 4.79 Å². The average molecular weight is 399 g/mol. The van der Waals surface area contributed by atoms with Crippen LogP contribution >= 0.6 is 23.2 Å². The molecular weight excluding hydrogens is 385 g/mol. The molecule has 1 heterocycles. The molecule has 1 saturated heterocycles. The minimum Gasteiger partial charge on any atom is -0.325 e. The van der Waals surface area contributed by atoms with Gasteiger partial charge in [-0.05, 0) is 37.3 Å². The van der Waals surface area contributed by atoms with Gasteiger partial charge in [0.25, 0.3) is 5.91 Å². The first-order chi connectivity index (χ1) is 12.3. The second kappa shape index (κ2) is 7.21. The van der Waals surface area contributed by atoms with Gasteiger partial charge >= 0.3 is 0 Å². The van der Waals surface area contributed by atoms with Crippen LogP contribution in [-0.4, -0.2) is 35.8 Å². The zero-order valence-corrected chi connectivity index (χ0v) is 15.2. The first kappa shape index (κ1) is 18.6. The molecule has 0 N–H and O–H groups in total. The van der Waals surface area contributed by atoms with Crippen molar-refractivity contribution in [3.8, 4) is 0 Å². The summed E-state index contributed by atoms with van der Waals surface area (Å²) >= 11 is 11.9. The lowest BCUT2D eigenvalue weighted by Gasteiger charge is -2.39. The highest BCUT2D eigenvalue weighted by Crippen LogP contribution is 2.27. The number of halogens is 4. The quantitative estimate of drug-likeness (QED) is 0.762. The van der Waals surface area contributed by atoms with Gasteiger partial charge < -0.3 is 9.80 Å². The number of hydrogen-bond donors (Lipinski definition) is 0. The zero-order valence-electron chi connectivity index (χ0n) is 13.7. The minimum atomic E-state index is -0.828. The fourth-order valence-corrected chi connectivity index (χ4v) is 3.39. The van der Waals surface area contributed by atoms with E-state index < -0.39 is 29.5 Å². The first-order valence-electron chi connectivity index (χ1n) is 7.82. The average Bonchev–Trinajstić information content (AvgIpc) is 2.57. The van der Waals surface area contributed by atoms with E-state index in [0.717, 1.165) is 12.1 Å². The number of benzene rings is 2. The number of piperazine rings is 1. The predicted octanol–water partition coefficient (Wildman–Crippen LogP) is 4.15. The molecule has 0 aliphatic carbocycles. The molecular formula is C18H14Cl2F2N2O2. The van der Waals surface area contributed by atoms with Crippen molar-refractivity contribution in [1.82, 2.24) is 4.90 Å². The molecule has 2 amide bonds. The third kappa shape index (κ3) is 3.39. The molecule has 1 fully saturated rings. The lowest BCUT2D eigenvalue weighted by Crippen LogP contribution is -2.58. The van der Waals surface area contributed by atoms with E-state index in [4.69, 9.17) is 23.2 Å². The topological polar surface area (TPSA) is 40.6 Å². The van der Waals surface area contributed by atoms with Crippen molar-refractivity contribution < 1.29 is 18.4 Å². The van der Waals surface area contributed by atoms with Crippen molar-refractivity contribution in [3.63, 3.8) is 0 Å². The van der Waals surface area contributed by atoms with Gasteiger partial charge in [-0.15, -0.1) is 0 Å². The number of nitrogens with zero attached hydrogens (tertiary/aromatic N) is 2. The maximum Gasteiger partial charge on any atom is 0.256 e. The monoisotopic (exact) mass is 398 g/mol. The molecule has 0 unspecified atom stereocenters. The Morgan fingerprint density at radius 3 is 2.50 bits per heavy atom. The van der Waals surface area contributed by atoms with Crippen LogP contribution < -0.4 is 4.90 Å². The molecule has 0 bridgehead atoms. The summed E-state index contributed by atoms with van der Waals surface area (Å²) < 4.78 is 27.1. The van der Waals surface area contributed by atoms with Crippen molar-refractivity contribution in [2.24, 2.45) is 0 Å². The second-order valence-electron chi connectivity index (χ2n) is 5.88. The molecule has 8 heteroatoms. The molecule has 0 saturated carbocycles. The number of rotatable bonds is 2. The number of hydrogen-bond acceptors (Lipinski definition) is 2. The van der Waals surface area contributed by atoms with Gasteiger partial charge in [0, 0.05) is 24.2 Å². The Hall–Kier alpha value is -2.18. The summed E-state index contributed by atoms with van der Waals surface area (Å²) in [4.78, 5) is 28.0. The van der Waals surface area contributed by atoms with Crippen LogP contribution in [0.3, 0.4) is 0 Å². The standard InChI is InChI=1S/C18H14Cl2F2N2O2/c1-10-17(25)24(16-5-3-12(21)9-15(16)22)7-6-23(10)18(26)13-4-2-11(19)8-14(13)20/h2-5,8-10H,6-7H2,1H3/t10-/m0/s1. The maximum atomic E-state index is 14.0. The summed E-state index contributed by atoms with van der Waals surface area (Å²) in [6, 6.07) is 6.68. The Balaban J connectivity index is 1.84. The van der Waals surface area contributed by atoms with Gasteiger partial charge in [-0.1, -0.05) is 23.2 Å². The highest BCUT2D eigenvalue weighted by molar-refractivity contribution is 6.36. The Morgan fingerprint density at radius 1 is 1.12 bits per heavy atom. The van der Waals surface area contributed by atoms with Crippen LogP contribution in [0, 0.1) is 11.6 Å². The number of carbonyl (C=O) groups excluding carboxylic acids is 2. The molecule has 26 heavy (non-hydrogen) atoms. The van der Waals surface area contributed by atoms with Crippen molar-refractivity contribution in [2.45, 2.75) is 13.0 Å². The van der Waals surface area contributed by atoms with Gasteiger partial charge in [0.05, 0.1) is 16.3 Å². The number of anilines is 1. The molecule has 1 aliphatic heterocycles. The third-order valence-electron chi connectivity index (χ3n) is 4.28. The van der Waals surface area contributed by atoms with Crippen LogP contribution in [0.1, 0.15) is 17.3 Å². The maximum absolute atomic E-state index is 14.0. The molecule has 0 spiro atoms. The van der Waals surface area contributed by atoms with Crippen LogP contribution in [0.2, 0.25) is 10.0 Å². The highest BCUT2D eigenvalue weighted by atomic mass is 35.5. The van der Waals surface area contributed by atoms with E-state index in [0.29, 0.717) is 5.02 Å². The first-order valence-corrected chi connectivity index (χ1v) is 8.57. The molecule has 1 aliphatic rings. The van der Waals surface area contributed by atoms with E-state index in [-0.39, 0.29) is 29.4 Å². The minimum absolute atomic E-state index is 0.0140. The Labute approximate surface area is 158 Å². The van der Waals surface area contributed by atoms with Gasteiger partial charge in [0.2, 0.25) is 5.91 Å². The molecule has 1 atom stereocenters. The molecule has 4 nitrogen and oxygen atoms in total. The fourth-order valence-electron chi connectivity index (χ4n) is 2.90. The van der Waals surface area contributed by atoms with E-state index in [1.807, 2.05) is 0 Å². The van der Waals surface area contributed by atoms with Crippen molar-refractivity contribution in [2.75, 3.05) is 18.0 Å². The Kier molecular flexibility index (Phi) is 5.16. The normalized spacial score (nSPS) is 17.6. The molecule has 0 aromatic heterocycles. The summed E-state index contributed by atoms with van der Waals surface area (Å²) in [5, 5.41) is 0.585. The molecule has 2 aromatic carbocycles. The van der Waals surface area contributed by atoms with Gasteiger partial charge in [0.15, 0.2) is 0 Å². The van der Waals surface area contributed by atoms with Crippen LogP contribution in [0.5, 0.6) is 0 Å². The highest BCUT2D eigenvalue weighted by Gasteiger charge is 2.36. The van der Waals surface area contributed by atoms with Gasteiger partial charge in [-0.2, -0.15) is 0 Å². The van der Waals surface area contributed by atoms with Crippen molar-refractivity contribution in [1.29, 1.82) is 0 Å². The SMILES string of the molecule is C[C@H]1C(=O)N(c2ccc(F)cc2F)CCN1C(=O)c1ccc(Cl)cc1Cl. The fraction of sp³-hybridized carbons (Fsp3) is 0.222. The summed E-state index contributed by atoms with van der Waals surface area (Å²) in [6.45, 7) is 1.82. The Bertz CT molecular complexity index is 891. The molecule has 136 valence electrons. The van der Waals surface area contributed by atoms with Crippen molar-refractivity contribution in [3.05, 3.63) is 63.6 Å². The number of carbonyl (C=O) groups is 2.